The number of alkyl halides is 1. The Morgan fingerprint density at radius 3 is 2.29 bits per heavy atom. The molecule has 1 rings (SSSR count). The lowest BCUT2D eigenvalue weighted by atomic mass is 10.3. The van der Waals surface area contributed by atoms with E-state index in [1.54, 1.807) is 18.2 Å². The van der Waals surface area contributed by atoms with Crippen LogP contribution < -0.4 is 4.74 Å². The average molecular weight is 305 g/mol. The highest BCUT2D eigenvalue weighted by Gasteiger charge is 1.99. The van der Waals surface area contributed by atoms with Gasteiger partial charge in [-0.25, -0.2) is 0 Å². The molecular weight excluding hydrogens is 288 g/mol. The van der Waals surface area contributed by atoms with Crippen molar-refractivity contribution in [2.45, 2.75) is 0 Å². The Balaban J connectivity index is 1.99. The topological polar surface area (TPSA) is 47.9 Å². The van der Waals surface area contributed by atoms with Crippen molar-refractivity contribution >= 4 is 15.9 Å². The Morgan fingerprint density at radius 1 is 0.941 bits per heavy atom. The highest BCUT2D eigenvalue weighted by molar-refractivity contribution is 9.09. The lowest BCUT2D eigenvalue weighted by molar-refractivity contribution is 0.0411. The Labute approximate surface area is 110 Å². The van der Waals surface area contributed by atoms with Crippen molar-refractivity contribution < 1.29 is 19.3 Å². The first-order valence-corrected chi connectivity index (χ1v) is 6.59. The number of phenols is 1. The van der Waals surface area contributed by atoms with Crippen LogP contribution in [0.3, 0.4) is 0 Å². The minimum atomic E-state index is 0.146. The van der Waals surface area contributed by atoms with Crippen LogP contribution in [0, 0.1) is 0 Å². The average Bonchev–Trinajstić information content (AvgIpc) is 2.35. The molecule has 4 nitrogen and oxygen atoms in total. The molecule has 0 radical (unpaired) electrons. The lowest BCUT2D eigenvalue weighted by Gasteiger charge is -2.08. The molecule has 0 fully saturated rings. The number of hydrogen-bond acceptors (Lipinski definition) is 4. The predicted molar refractivity (Wildman–Crippen MR) is 69.0 cm³/mol. The molecule has 0 saturated heterocycles. The molecule has 5 heteroatoms. The highest BCUT2D eigenvalue weighted by atomic mass is 79.9. The van der Waals surface area contributed by atoms with Gasteiger partial charge in [0.15, 0.2) is 11.5 Å². The Bertz CT molecular complexity index is 306. The number of ether oxygens (including phenoxy) is 3. The van der Waals surface area contributed by atoms with Gasteiger partial charge in [-0.3, -0.25) is 0 Å². The van der Waals surface area contributed by atoms with E-state index in [0.717, 1.165) is 5.33 Å². The predicted octanol–water partition coefficient (Wildman–Crippen LogP) is 2.20. The fourth-order valence-electron chi connectivity index (χ4n) is 1.17. The van der Waals surface area contributed by atoms with Crippen molar-refractivity contribution in [2.24, 2.45) is 0 Å². The van der Waals surface area contributed by atoms with Crippen LogP contribution in [0.4, 0.5) is 0 Å². The van der Waals surface area contributed by atoms with Crippen LogP contribution in [0.2, 0.25) is 0 Å². The van der Waals surface area contributed by atoms with Gasteiger partial charge in [-0.15, -0.1) is 0 Å². The second-order valence-corrected chi connectivity index (χ2v) is 4.02. The summed E-state index contributed by atoms with van der Waals surface area (Å²) in [5.74, 6) is 0.625. The smallest absolute Gasteiger partial charge is 0.161 e. The van der Waals surface area contributed by atoms with Crippen molar-refractivity contribution in [1.29, 1.82) is 0 Å². The Morgan fingerprint density at radius 2 is 1.59 bits per heavy atom. The zero-order valence-electron chi connectivity index (χ0n) is 9.60. The fourth-order valence-corrected chi connectivity index (χ4v) is 1.40. The van der Waals surface area contributed by atoms with Gasteiger partial charge in [-0.05, 0) is 12.1 Å². The molecule has 0 aliphatic heterocycles. The van der Waals surface area contributed by atoms with Crippen LogP contribution in [0.25, 0.3) is 0 Å². The summed E-state index contributed by atoms with van der Waals surface area (Å²) in [5.41, 5.74) is 0. The van der Waals surface area contributed by atoms with Crippen molar-refractivity contribution in [3.63, 3.8) is 0 Å². The summed E-state index contributed by atoms with van der Waals surface area (Å²) in [7, 11) is 0. The molecule has 0 aromatic heterocycles. The molecule has 0 unspecified atom stereocenters. The van der Waals surface area contributed by atoms with Crippen molar-refractivity contribution in [1.82, 2.24) is 0 Å². The van der Waals surface area contributed by atoms with E-state index in [1.807, 2.05) is 6.07 Å². The first kappa shape index (κ1) is 14.3. The van der Waals surface area contributed by atoms with Crippen LogP contribution >= 0.6 is 15.9 Å². The normalized spacial score (nSPS) is 10.4. The molecule has 0 saturated carbocycles. The lowest BCUT2D eigenvalue weighted by Crippen LogP contribution is -2.11. The molecule has 0 bridgehead atoms. The van der Waals surface area contributed by atoms with Gasteiger partial charge in [-0.1, -0.05) is 28.1 Å². The van der Waals surface area contributed by atoms with E-state index in [-0.39, 0.29) is 5.75 Å². The fraction of sp³-hybridized carbons (Fsp3) is 0.500. The zero-order valence-corrected chi connectivity index (χ0v) is 11.2. The van der Waals surface area contributed by atoms with E-state index in [1.165, 1.54) is 0 Å². The minimum absolute atomic E-state index is 0.146. The first-order valence-electron chi connectivity index (χ1n) is 5.47. The second-order valence-electron chi connectivity index (χ2n) is 3.23. The number of hydrogen-bond donors (Lipinski definition) is 1. The summed E-state index contributed by atoms with van der Waals surface area (Å²) >= 11 is 3.27. The third-order valence-electron chi connectivity index (χ3n) is 1.94. The van der Waals surface area contributed by atoms with E-state index in [0.29, 0.717) is 38.8 Å². The van der Waals surface area contributed by atoms with Gasteiger partial charge in [0.05, 0.1) is 26.4 Å². The van der Waals surface area contributed by atoms with Gasteiger partial charge >= 0.3 is 0 Å². The van der Waals surface area contributed by atoms with E-state index in [9.17, 15) is 5.11 Å². The van der Waals surface area contributed by atoms with E-state index >= 15 is 0 Å². The number of para-hydroxylation sites is 2. The largest absolute Gasteiger partial charge is 0.504 e. The second kappa shape index (κ2) is 9.27. The van der Waals surface area contributed by atoms with Gasteiger partial charge in [0, 0.05) is 5.33 Å². The third-order valence-corrected chi connectivity index (χ3v) is 2.27. The van der Waals surface area contributed by atoms with Crippen molar-refractivity contribution in [3.05, 3.63) is 24.3 Å². The van der Waals surface area contributed by atoms with E-state index in [2.05, 4.69) is 15.9 Å². The number of aromatic hydroxyl groups is 1. The van der Waals surface area contributed by atoms with Gasteiger partial charge in [0.2, 0.25) is 0 Å². The quantitative estimate of drug-likeness (QED) is 0.561. The first-order chi connectivity index (χ1) is 8.34. The summed E-state index contributed by atoms with van der Waals surface area (Å²) in [6.45, 7) is 2.72. The SMILES string of the molecule is Oc1ccccc1OCCOCCOCCBr. The molecule has 17 heavy (non-hydrogen) atoms. The molecule has 0 aliphatic rings. The van der Waals surface area contributed by atoms with Crippen LogP contribution in [-0.2, 0) is 9.47 Å². The zero-order chi connectivity index (χ0) is 12.3. The molecule has 1 aromatic rings. The number of phenolic OH excluding ortho intramolecular Hbond substituents is 1. The van der Waals surface area contributed by atoms with E-state index < -0.39 is 0 Å². The summed E-state index contributed by atoms with van der Waals surface area (Å²) < 4.78 is 15.9. The minimum Gasteiger partial charge on any atom is -0.504 e. The number of halogens is 1. The van der Waals surface area contributed by atoms with Gasteiger partial charge in [-0.2, -0.15) is 0 Å². The Hall–Kier alpha value is -0.780. The van der Waals surface area contributed by atoms with Crippen molar-refractivity contribution in [3.8, 4) is 11.5 Å². The van der Waals surface area contributed by atoms with Gasteiger partial charge < -0.3 is 19.3 Å². The van der Waals surface area contributed by atoms with Gasteiger partial charge in [0.25, 0.3) is 0 Å². The maximum atomic E-state index is 9.42. The maximum Gasteiger partial charge on any atom is 0.161 e. The molecule has 0 aliphatic carbocycles. The maximum absolute atomic E-state index is 9.42. The molecule has 0 amide bonds. The standard InChI is InChI=1S/C12H17BrO4/c13-5-6-15-7-8-16-9-10-17-12-4-2-1-3-11(12)14/h1-4,14H,5-10H2. The van der Waals surface area contributed by atoms with E-state index in [4.69, 9.17) is 14.2 Å². The summed E-state index contributed by atoms with van der Waals surface area (Å²) in [4.78, 5) is 0. The van der Waals surface area contributed by atoms with Crippen LogP contribution in [-0.4, -0.2) is 43.5 Å². The Kier molecular flexibility index (Phi) is 7.79. The molecule has 1 aromatic carbocycles. The van der Waals surface area contributed by atoms with Crippen LogP contribution in [0.1, 0.15) is 0 Å². The molecule has 0 spiro atoms. The molecule has 0 atom stereocenters. The summed E-state index contributed by atoms with van der Waals surface area (Å²) in [6, 6.07) is 6.86. The molecule has 96 valence electrons. The molecular formula is C12H17BrO4. The number of benzene rings is 1. The highest BCUT2D eigenvalue weighted by Crippen LogP contribution is 2.23. The number of rotatable bonds is 9. The van der Waals surface area contributed by atoms with Crippen LogP contribution in [0.15, 0.2) is 24.3 Å². The molecule has 1 N–H and O–H groups in total. The van der Waals surface area contributed by atoms with Crippen molar-refractivity contribution in [2.75, 3.05) is 38.4 Å². The van der Waals surface area contributed by atoms with Gasteiger partial charge in [0.1, 0.15) is 6.61 Å². The monoisotopic (exact) mass is 304 g/mol. The summed E-state index contributed by atoms with van der Waals surface area (Å²) in [5, 5.41) is 10.3. The van der Waals surface area contributed by atoms with Crippen LogP contribution in [0.5, 0.6) is 11.5 Å². The summed E-state index contributed by atoms with van der Waals surface area (Å²) in [6.07, 6.45) is 0. The third kappa shape index (κ3) is 6.51. The molecule has 0 heterocycles.